The number of carbonyl (C=O) groups excluding carboxylic acids is 1. The summed E-state index contributed by atoms with van der Waals surface area (Å²) in [5.74, 6) is 0.739. The molecule has 3 aromatic carbocycles. The Morgan fingerprint density at radius 2 is 1.89 bits per heavy atom. The number of carbonyl (C=O) groups is 1. The van der Waals surface area contributed by atoms with Gasteiger partial charge in [0.25, 0.3) is 11.6 Å². The van der Waals surface area contributed by atoms with Gasteiger partial charge in [0.1, 0.15) is 6.61 Å². The maximum atomic E-state index is 12.5. The molecule has 1 amide bonds. The zero-order valence-corrected chi connectivity index (χ0v) is 20.1. The van der Waals surface area contributed by atoms with E-state index in [9.17, 15) is 14.9 Å². The number of hydrogen-bond acceptors (Lipinski definition) is 7. The molecule has 178 valence electrons. The smallest absolute Gasteiger partial charge is 0.281 e. The minimum Gasteiger partial charge on any atom is -0.490 e. The molecule has 4 aromatic rings. The Labute approximate surface area is 209 Å². The van der Waals surface area contributed by atoms with E-state index in [0.29, 0.717) is 45.6 Å². The highest BCUT2D eigenvalue weighted by molar-refractivity contribution is 7.20. The highest BCUT2D eigenvalue weighted by Crippen LogP contribution is 2.30. The summed E-state index contributed by atoms with van der Waals surface area (Å²) in [4.78, 5) is 23.4. The van der Waals surface area contributed by atoms with E-state index in [1.807, 2.05) is 19.1 Å². The van der Waals surface area contributed by atoms with Crippen LogP contribution in [0.1, 0.15) is 27.7 Å². The van der Waals surface area contributed by atoms with Gasteiger partial charge in [0.15, 0.2) is 11.5 Å². The number of fused-ring (bicyclic) bond motifs is 1. The third kappa shape index (κ3) is 6.14. The molecule has 8 nitrogen and oxygen atoms in total. The van der Waals surface area contributed by atoms with Gasteiger partial charge in [0, 0.05) is 27.2 Å². The number of benzene rings is 3. The maximum Gasteiger partial charge on any atom is 0.281 e. The van der Waals surface area contributed by atoms with E-state index in [0.717, 1.165) is 10.3 Å². The molecule has 10 heteroatoms. The Bertz CT molecular complexity index is 1400. The lowest BCUT2D eigenvalue weighted by atomic mass is 10.2. The molecule has 4 rings (SSSR count). The number of rotatable bonds is 9. The molecular formula is C25H20ClN3O5S. The Morgan fingerprint density at radius 3 is 2.63 bits per heavy atom. The van der Waals surface area contributed by atoms with Gasteiger partial charge in [-0.1, -0.05) is 23.7 Å². The van der Waals surface area contributed by atoms with Gasteiger partial charge in [0.05, 0.1) is 22.6 Å². The van der Waals surface area contributed by atoms with Gasteiger partial charge in [0.2, 0.25) is 0 Å². The molecule has 0 saturated heterocycles. The van der Waals surface area contributed by atoms with Crippen LogP contribution in [-0.2, 0) is 6.61 Å². The predicted molar refractivity (Wildman–Crippen MR) is 137 cm³/mol. The quantitative estimate of drug-likeness (QED) is 0.164. The topological polar surface area (TPSA) is 103 Å². The molecule has 0 fully saturated rings. The van der Waals surface area contributed by atoms with Crippen LogP contribution in [-0.4, -0.2) is 23.7 Å². The summed E-state index contributed by atoms with van der Waals surface area (Å²) in [7, 11) is 0. The number of nitrogens with zero attached hydrogens (tertiary/aromatic N) is 2. The summed E-state index contributed by atoms with van der Waals surface area (Å²) in [5, 5.41) is 16.3. The number of amides is 1. The van der Waals surface area contributed by atoms with Crippen molar-refractivity contribution in [1.29, 1.82) is 0 Å². The fourth-order valence-electron chi connectivity index (χ4n) is 3.21. The van der Waals surface area contributed by atoms with Crippen LogP contribution in [0.5, 0.6) is 11.5 Å². The highest BCUT2D eigenvalue weighted by atomic mass is 35.5. The summed E-state index contributed by atoms with van der Waals surface area (Å²) in [6.07, 6.45) is 1.50. The van der Waals surface area contributed by atoms with E-state index in [1.165, 1.54) is 29.7 Å². The molecule has 1 heterocycles. The van der Waals surface area contributed by atoms with Crippen molar-refractivity contribution in [3.8, 4) is 11.5 Å². The molecule has 0 bridgehead atoms. The number of nitrogens with one attached hydrogen (secondary N) is 1. The van der Waals surface area contributed by atoms with Crippen molar-refractivity contribution >= 4 is 50.8 Å². The van der Waals surface area contributed by atoms with Crippen molar-refractivity contribution < 1.29 is 19.2 Å². The second-order valence-corrected chi connectivity index (χ2v) is 8.86. The van der Waals surface area contributed by atoms with E-state index >= 15 is 0 Å². The monoisotopic (exact) mass is 509 g/mol. The van der Waals surface area contributed by atoms with Crippen LogP contribution in [0.15, 0.2) is 71.8 Å². The van der Waals surface area contributed by atoms with Crippen molar-refractivity contribution in [1.82, 2.24) is 5.43 Å². The first-order valence-electron chi connectivity index (χ1n) is 10.6. The summed E-state index contributed by atoms with van der Waals surface area (Å²) < 4.78 is 12.4. The standard InChI is InChI=1S/C25H20ClN3O5S/c1-2-33-22-11-17(5-9-21(22)34-15-16-3-6-19(26)7-4-16)14-27-28-25(30)24-13-18-12-20(29(31)32)8-10-23(18)35-24/h3-14H,2,15H2,1H3,(H,28,30)/b27-14-. The molecule has 0 radical (unpaired) electrons. The average Bonchev–Trinajstić information content (AvgIpc) is 3.28. The van der Waals surface area contributed by atoms with Crippen LogP contribution in [0.3, 0.4) is 0 Å². The third-order valence-electron chi connectivity index (χ3n) is 4.89. The fraction of sp³-hybridized carbons (Fsp3) is 0.120. The van der Waals surface area contributed by atoms with E-state index < -0.39 is 10.8 Å². The first kappa shape index (κ1) is 24.2. The number of thiophene rings is 1. The number of halogens is 1. The third-order valence-corrected chi connectivity index (χ3v) is 6.26. The molecule has 1 N–H and O–H groups in total. The van der Waals surface area contributed by atoms with Crippen LogP contribution in [0.2, 0.25) is 5.02 Å². The van der Waals surface area contributed by atoms with Gasteiger partial charge in [-0.15, -0.1) is 11.3 Å². The fourth-order valence-corrected chi connectivity index (χ4v) is 4.27. The van der Waals surface area contributed by atoms with Crippen molar-refractivity contribution in [3.05, 3.63) is 97.9 Å². The van der Waals surface area contributed by atoms with Crippen LogP contribution >= 0.6 is 22.9 Å². The molecule has 1 aromatic heterocycles. The normalized spacial score (nSPS) is 11.0. The molecular weight excluding hydrogens is 490 g/mol. The Morgan fingerprint density at radius 1 is 1.09 bits per heavy atom. The van der Waals surface area contributed by atoms with Crippen molar-refractivity contribution in [2.24, 2.45) is 5.10 Å². The van der Waals surface area contributed by atoms with Gasteiger partial charge in [-0.25, -0.2) is 5.43 Å². The maximum absolute atomic E-state index is 12.5. The zero-order chi connectivity index (χ0) is 24.8. The predicted octanol–water partition coefficient (Wildman–Crippen LogP) is 6.20. The van der Waals surface area contributed by atoms with Gasteiger partial charge in [-0.3, -0.25) is 14.9 Å². The highest BCUT2D eigenvalue weighted by Gasteiger charge is 2.13. The lowest BCUT2D eigenvalue weighted by molar-refractivity contribution is -0.384. The largest absolute Gasteiger partial charge is 0.490 e. The molecule has 0 unspecified atom stereocenters. The lowest BCUT2D eigenvalue weighted by Gasteiger charge is -2.12. The van der Waals surface area contributed by atoms with E-state index in [-0.39, 0.29) is 5.69 Å². The van der Waals surface area contributed by atoms with Crippen molar-refractivity contribution in [2.45, 2.75) is 13.5 Å². The SMILES string of the molecule is CCOc1cc(/C=N\NC(=O)c2cc3cc([N+](=O)[O-])ccc3s2)ccc1OCc1ccc(Cl)cc1. The van der Waals surface area contributed by atoms with Crippen LogP contribution in [0.4, 0.5) is 5.69 Å². The first-order valence-corrected chi connectivity index (χ1v) is 11.8. The minimum absolute atomic E-state index is 0.0222. The number of nitro benzene ring substituents is 1. The second kappa shape index (κ2) is 11.0. The number of ether oxygens (including phenoxy) is 2. The summed E-state index contributed by atoms with van der Waals surface area (Å²) >= 11 is 7.16. The number of non-ortho nitro benzene ring substituents is 1. The summed E-state index contributed by atoms with van der Waals surface area (Å²) in [6, 6.07) is 18.8. The summed E-state index contributed by atoms with van der Waals surface area (Å²) in [6.45, 7) is 2.70. The second-order valence-electron chi connectivity index (χ2n) is 7.34. The molecule has 35 heavy (non-hydrogen) atoms. The van der Waals surface area contributed by atoms with Gasteiger partial charge < -0.3 is 9.47 Å². The molecule has 0 aliphatic carbocycles. The molecule has 0 saturated carbocycles. The van der Waals surface area contributed by atoms with Crippen LogP contribution < -0.4 is 14.9 Å². The van der Waals surface area contributed by atoms with Gasteiger partial charge >= 0.3 is 0 Å². The minimum atomic E-state index is -0.467. The molecule has 0 atom stereocenters. The molecule has 0 aliphatic rings. The zero-order valence-electron chi connectivity index (χ0n) is 18.6. The Kier molecular flexibility index (Phi) is 7.59. The Hall–Kier alpha value is -3.95. The van der Waals surface area contributed by atoms with Crippen LogP contribution in [0, 0.1) is 10.1 Å². The van der Waals surface area contributed by atoms with Crippen molar-refractivity contribution in [2.75, 3.05) is 6.61 Å². The molecule has 0 spiro atoms. The average molecular weight is 510 g/mol. The number of hydrogen-bond donors (Lipinski definition) is 1. The number of hydrazone groups is 1. The van der Waals surface area contributed by atoms with E-state index in [4.69, 9.17) is 21.1 Å². The lowest BCUT2D eigenvalue weighted by Crippen LogP contribution is -2.16. The molecule has 0 aliphatic heterocycles. The van der Waals surface area contributed by atoms with Gasteiger partial charge in [-0.2, -0.15) is 5.10 Å². The van der Waals surface area contributed by atoms with Crippen LogP contribution in [0.25, 0.3) is 10.1 Å². The Balaban J connectivity index is 1.41. The van der Waals surface area contributed by atoms with Crippen molar-refractivity contribution in [3.63, 3.8) is 0 Å². The number of nitro groups is 1. The van der Waals surface area contributed by atoms with Gasteiger partial charge in [-0.05, 0) is 60.5 Å². The van der Waals surface area contributed by atoms with E-state index in [2.05, 4.69) is 10.5 Å². The first-order chi connectivity index (χ1) is 16.9. The van der Waals surface area contributed by atoms with E-state index in [1.54, 1.807) is 42.5 Å². The summed E-state index contributed by atoms with van der Waals surface area (Å²) in [5.41, 5.74) is 4.15.